The van der Waals surface area contributed by atoms with E-state index in [2.05, 4.69) is 5.32 Å². The molecule has 0 spiro atoms. The van der Waals surface area contributed by atoms with Crippen LogP contribution in [-0.2, 0) is 20.8 Å². The van der Waals surface area contributed by atoms with Gasteiger partial charge in [-0.3, -0.25) is 14.4 Å². The summed E-state index contributed by atoms with van der Waals surface area (Å²) in [7, 11) is 1.57. The molecule has 1 atom stereocenters. The average Bonchev–Trinajstić information content (AvgIpc) is 2.89. The zero-order valence-electron chi connectivity index (χ0n) is 14.1. The van der Waals surface area contributed by atoms with Gasteiger partial charge in [0.25, 0.3) is 5.91 Å². The number of aliphatic carboxylic acids is 1. The van der Waals surface area contributed by atoms with Crippen molar-refractivity contribution in [3.05, 3.63) is 54.1 Å². The highest BCUT2D eigenvalue weighted by Crippen LogP contribution is 2.26. The normalized spacial score (nSPS) is 16.7. The minimum atomic E-state index is -0.935. The summed E-state index contributed by atoms with van der Waals surface area (Å²) in [6, 6.07) is 12.8. The first-order chi connectivity index (χ1) is 12.5. The van der Waals surface area contributed by atoms with Crippen molar-refractivity contribution in [2.75, 3.05) is 17.3 Å². The number of methoxy groups -OCH3 is 1. The highest BCUT2D eigenvalue weighted by molar-refractivity contribution is 6.23. The van der Waals surface area contributed by atoms with E-state index in [9.17, 15) is 14.4 Å². The Morgan fingerprint density at radius 2 is 1.81 bits per heavy atom. The average molecular weight is 354 g/mol. The number of carbonyl (C=O) groups is 3. The van der Waals surface area contributed by atoms with Crippen molar-refractivity contribution in [1.82, 2.24) is 0 Å². The molecule has 0 aliphatic carbocycles. The molecule has 2 aromatic carbocycles. The van der Waals surface area contributed by atoms with E-state index in [0.717, 1.165) is 10.6 Å². The molecule has 0 bridgehead atoms. The summed E-state index contributed by atoms with van der Waals surface area (Å²) in [6.07, 6.45) is -0.0500. The van der Waals surface area contributed by atoms with Gasteiger partial charge in [-0.15, -0.1) is 0 Å². The summed E-state index contributed by atoms with van der Waals surface area (Å²) < 4.78 is 5.09. The second kappa shape index (κ2) is 7.26. The Kier molecular flexibility index (Phi) is 4.88. The zero-order valence-corrected chi connectivity index (χ0v) is 14.1. The number of ether oxygens (including phenoxy) is 1. The number of carbonyl (C=O) groups excluding carboxylic acids is 2. The predicted octanol–water partition coefficient (Wildman–Crippen LogP) is 2.07. The van der Waals surface area contributed by atoms with Gasteiger partial charge in [0.2, 0.25) is 5.91 Å². The summed E-state index contributed by atoms with van der Waals surface area (Å²) in [4.78, 5) is 36.8. The molecule has 0 saturated carbocycles. The van der Waals surface area contributed by atoms with Crippen molar-refractivity contribution < 1.29 is 24.2 Å². The molecule has 1 heterocycles. The number of carboxylic acid groups (broad SMARTS) is 1. The Morgan fingerprint density at radius 1 is 1.15 bits per heavy atom. The maximum absolute atomic E-state index is 12.6. The highest BCUT2D eigenvalue weighted by atomic mass is 16.5. The summed E-state index contributed by atoms with van der Waals surface area (Å²) >= 11 is 0. The molecule has 1 saturated heterocycles. The van der Waals surface area contributed by atoms with Crippen LogP contribution in [0.25, 0.3) is 0 Å². The third-order valence-corrected chi connectivity index (χ3v) is 4.13. The quantitative estimate of drug-likeness (QED) is 0.771. The van der Waals surface area contributed by atoms with Crippen molar-refractivity contribution in [3.8, 4) is 5.75 Å². The first-order valence-electron chi connectivity index (χ1n) is 8.06. The van der Waals surface area contributed by atoms with Crippen LogP contribution in [0, 0.1) is 0 Å². The Hall–Kier alpha value is -3.35. The SMILES string of the molecule is COc1ccc(NC2CC(=O)N(c3ccc(CC(=O)O)cc3)C2=O)cc1. The number of benzene rings is 2. The van der Waals surface area contributed by atoms with E-state index >= 15 is 0 Å². The van der Waals surface area contributed by atoms with Crippen molar-refractivity contribution >= 4 is 29.2 Å². The Bertz CT molecular complexity index is 830. The monoisotopic (exact) mass is 354 g/mol. The van der Waals surface area contributed by atoms with Crippen LogP contribution < -0.4 is 15.0 Å². The van der Waals surface area contributed by atoms with Gasteiger partial charge in [-0.1, -0.05) is 12.1 Å². The number of hydrogen-bond acceptors (Lipinski definition) is 5. The minimum absolute atomic E-state index is 0.0573. The zero-order chi connectivity index (χ0) is 18.7. The minimum Gasteiger partial charge on any atom is -0.497 e. The van der Waals surface area contributed by atoms with E-state index in [-0.39, 0.29) is 24.7 Å². The number of amides is 2. The van der Waals surface area contributed by atoms with Crippen LogP contribution in [0.2, 0.25) is 0 Å². The summed E-state index contributed by atoms with van der Waals surface area (Å²) in [6.45, 7) is 0. The van der Waals surface area contributed by atoms with Crippen molar-refractivity contribution in [1.29, 1.82) is 0 Å². The summed E-state index contributed by atoms with van der Waals surface area (Å²) in [5.74, 6) is -0.869. The fourth-order valence-electron chi connectivity index (χ4n) is 2.84. The molecule has 26 heavy (non-hydrogen) atoms. The molecule has 3 rings (SSSR count). The van der Waals surface area contributed by atoms with Gasteiger partial charge in [0, 0.05) is 5.69 Å². The van der Waals surface area contributed by atoms with Crippen molar-refractivity contribution in [2.24, 2.45) is 0 Å². The van der Waals surface area contributed by atoms with Crippen molar-refractivity contribution in [2.45, 2.75) is 18.9 Å². The molecule has 2 N–H and O–H groups in total. The second-order valence-electron chi connectivity index (χ2n) is 5.93. The fraction of sp³-hybridized carbons (Fsp3) is 0.211. The van der Waals surface area contributed by atoms with Gasteiger partial charge >= 0.3 is 5.97 Å². The van der Waals surface area contributed by atoms with Gasteiger partial charge in [0.1, 0.15) is 11.8 Å². The predicted molar refractivity (Wildman–Crippen MR) is 95.3 cm³/mol. The fourth-order valence-corrected chi connectivity index (χ4v) is 2.84. The molecule has 2 aromatic rings. The van der Waals surface area contributed by atoms with Gasteiger partial charge in [0.05, 0.1) is 25.6 Å². The topological polar surface area (TPSA) is 95.9 Å². The molecule has 1 aliphatic rings. The van der Waals surface area contributed by atoms with E-state index in [1.54, 1.807) is 55.6 Å². The lowest BCUT2D eigenvalue weighted by molar-refractivity contribution is -0.136. The third kappa shape index (κ3) is 3.66. The number of carboxylic acids is 1. The lowest BCUT2D eigenvalue weighted by Crippen LogP contribution is -2.34. The van der Waals surface area contributed by atoms with Crippen LogP contribution in [-0.4, -0.2) is 36.0 Å². The van der Waals surface area contributed by atoms with Crippen molar-refractivity contribution in [3.63, 3.8) is 0 Å². The highest BCUT2D eigenvalue weighted by Gasteiger charge is 2.39. The number of anilines is 2. The van der Waals surface area contributed by atoms with E-state index in [1.807, 2.05) is 0 Å². The maximum Gasteiger partial charge on any atom is 0.307 e. The largest absolute Gasteiger partial charge is 0.497 e. The molecule has 1 aliphatic heterocycles. The Morgan fingerprint density at radius 3 is 2.38 bits per heavy atom. The number of nitrogens with zero attached hydrogens (tertiary/aromatic N) is 1. The second-order valence-corrected chi connectivity index (χ2v) is 5.93. The molecule has 0 aromatic heterocycles. The first-order valence-corrected chi connectivity index (χ1v) is 8.06. The molecule has 2 amide bonds. The Labute approximate surface area is 150 Å². The smallest absolute Gasteiger partial charge is 0.307 e. The van der Waals surface area contributed by atoms with Gasteiger partial charge in [-0.2, -0.15) is 0 Å². The van der Waals surface area contributed by atoms with E-state index in [0.29, 0.717) is 17.0 Å². The van der Waals surface area contributed by atoms with Gasteiger partial charge in [0.15, 0.2) is 0 Å². The number of nitrogens with one attached hydrogen (secondary N) is 1. The first kappa shape index (κ1) is 17.5. The van der Waals surface area contributed by atoms with Crippen LogP contribution in [0.1, 0.15) is 12.0 Å². The lowest BCUT2D eigenvalue weighted by Gasteiger charge is -2.16. The number of imide groups is 1. The molecular weight excluding hydrogens is 336 g/mol. The molecule has 1 unspecified atom stereocenters. The molecular formula is C19H18N2O5. The summed E-state index contributed by atoms with van der Waals surface area (Å²) in [5.41, 5.74) is 1.76. The van der Waals surface area contributed by atoms with Crippen LogP contribution in [0.3, 0.4) is 0 Å². The van der Waals surface area contributed by atoms with Crippen LogP contribution in [0.15, 0.2) is 48.5 Å². The van der Waals surface area contributed by atoms with Gasteiger partial charge < -0.3 is 15.2 Å². The van der Waals surface area contributed by atoms with E-state index in [4.69, 9.17) is 9.84 Å². The van der Waals surface area contributed by atoms with E-state index < -0.39 is 12.0 Å². The molecule has 7 nitrogen and oxygen atoms in total. The van der Waals surface area contributed by atoms with Crippen LogP contribution in [0.4, 0.5) is 11.4 Å². The standard InChI is InChI=1S/C19H18N2O5/c1-26-15-8-4-13(5-9-15)20-16-11-17(22)21(19(16)25)14-6-2-12(3-7-14)10-18(23)24/h2-9,16,20H,10-11H2,1H3,(H,23,24). The maximum atomic E-state index is 12.6. The number of rotatable bonds is 6. The van der Waals surface area contributed by atoms with Gasteiger partial charge in [-0.05, 0) is 42.0 Å². The van der Waals surface area contributed by atoms with Crippen LogP contribution in [0.5, 0.6) is 5.75 Å². The third-order valence-electron chi connectivity index (χ3n) is 4.13. The molecule has 0 radical (unpaired) electrons. The van der Waals surface area contributed by atoms with Crippen LogP contribution >= 0.6 is 0 Å². The molecule has 1 fully saturated rings. The summed E-state index contributed by atoms with van der Waals surface area (Å²) in [5, 5.41) is 11.9. The van der Waals surface area contributed by atoms with E-state index in [1.165, 1.54) is 0 Å². The van der Waals surface area contributed by atoms with Gasteiger partial charge in [-0.25, -0.2) is 4.90 Å². The lowest BCUT2D eigenvalue weighted by atomic mass is 10.1. The Balaban J connectivity index is 1.72. The molecule has 134 valence electrons. The number of hydrogen-bond donors (Lipinski definition) is 2. The molecule has 7 heteroatoms.